The number of amides is 1. The minimum Gasteiger partial charge on any atom is -0.465 e. The first kappa shape index (κ1) is 10.4. The summed E-state index contributed by atoms with van der Waals surface area (Å²) in [5.41, 5.74) is 7.89. The third-order valence-electron chi connectivity index (χ3n) is 1.95. The van der Waals surface area contributed by atoms with E-state index in [2.05, 4.69) is 10.3 Å². The van der Waals surface area contributed by atoms with Crippen LogP contribution in [0.2, 0.25) is 0 Å². The largest absolute Gasteiger partial charge is 0.465 e. The van der Waals surface area contributed by atoms with Crippen molar-refractivity contribution >= 4 is 28.2 Å². The van der Waals surface area contributed by atoms with E-state index < -0.39 is 6.09 Å². The van der Waals surface area contributed by atoms with Crippen molar-refractivity contribution in [2.75, 3.05) is 11.1 Å². The van der Waals surface area contributed by atoms with Crippen LogP contribution in [-0.2, 0) is 0 Å². The number of para-hydroxylation sites is 1. The molecule has 2 rings (SSSR count). The summed E-state index contributed by atoms with van der Waals surface area (Å²) in [7, 11) is 0. The predicted octanol–water partition coefficient (Wildman–Crippen LogP) is 2.48. The van der Waals surface area contributed by atoms with E-state index in [0.717, 1.165) is 5.56 Å². The molecule has 0 aliphatic heterocycles. The number of nitrogen functional groups attached to an aromatic ring is 1. The number of rotatable bonds is 2. The van der Waals surface area contributed by atoms with Gasteiger partial charge in [-0.25, -0.2) is 9.78 Å². The fourth-order valence-corrected chi connectivity index (χ4v) is 1.98. The van der Waals surface area contributed by atoms with Crippen LogP contribution in [0.4, 0.5) is 15.6 Å². The Labute approximate surface area is 95.6 Å². The van der Waals surface area contributed by atoms with Gasteiger partial charge >= 0.3 is 6.09 Å². The fourth-order valence-electron chi connectivity index (χ4n) is 1.28. The summed E-state index contributed by atoms with van der Waals surface area (Å²) in [5, 5.41) is 12.8. The number of hydrogen-bond acceptors (Lipinski definition) is 4. The minimum atomic E-state index is -1.12. The molecule has 0 saturated heterocycles. The first-order valence-electron chi connectivity index (χ1n) is 4.47. The van der Waals surface area contributed by atoms with Gasteiger partial charge < -0.3 is 10.8 Å². The van der Waals surface area contributed by atoms with Gasteiger partial charge in [-0.1, -0.05) is 18.2 Å². The Kier molecular flexibility index (Phi) is 2.74. The zero-order valence-electron chi connectivity index (χ0n) is 8.18. The van der Waals surface area contributed by atoms with Crippen molar-refractivity contribution in [3.8, 4) is 11.3 Å². The summed E-state index contributed by atoms with van der Waals surface area (Å²) in [6.07, 6.45) is -1.12. The third-order valence-corrected chi connectivity index (χ3v) is 2.71. The molecule has 6 heteroatoms. The number of hydrogen-bond donors (Lipinski definition) is 3. The average molecular weight is 235 g/mol. The van der Waals surface area contributed by atoms with Crippen LogP contribution in [0.25, 0.3) is 11.3 Å². The van der Waals surface area contributed by atoms with Gasteiger partial charge in [0.1, 0.15) is 0 Å². The number of carboxylic acid groups (broad SMARTS) is 1. The van der Waals surface area contributed by atoms with E-state index in [4.69, 9.17) is 10.8 Å². The van der Waals surface area contributed by atoms with Crippen LogP contribution in [0.3, 0.4) is 0 Å². The lowest BCUT2D eigenvalue weighted by Crippen LogP contribution is -2.06. The third kappa shape index (κ3) is 2.12. The standard InChI is InChI=1S/C10H9N3O2S/c11-7-4-2-1-3-6(7)8-5-16-9(12-8)13-10(14)15/h1-5H,11H2,(H,12,13)(H,14,15). The normalized spacial score (nSPS) is 10.0. The molecular weight excluding hydrogens is 226 g/mol. The molecule has 0 spiro atoms. The van der Waals surface area contributed by atoms with Gasteiger partial charge in [0.05, 0.1) is 5.69 Å². The first-order valence-corrected chi connectivity index (χ1v) is 5.35. The van der Waals surface area contributed by atoms with Gasteiger partial charge in [-0.15, -0.1) is 11.3 Å². The zero-order chi connectivity index (χ0) is 11.5. The molecule has 16 heavy (non-hydrogen) atoms. The number of thiazole rings is 1. The molecule has 1 aromatic heterocycles. The SMILES string of the molecule is Nc1ccccc1-c1csc(NC(=O)O)n1. The Balaban J connectivity index is 2.32. The minimum absolute atomic E-state index is 0.339. The molecule has 0 atom stereocenters. The highest BCUT2D eigenvalue weighted by molar-refractivity contribution is 7.14. The first-order chi connectivity index (χ1) is 7.66. The van der Waals surface area contributed by atoms with Crippen molar-refractivity contribution in [2.24, 2.45) is 0 Å². The fraction of sp³-hybridized carbons (Fsp3) is 0. The molecule has 4 N–H and O–H groups in total. The van der Waals surface area contributed by atoms with Crippen molar-refractivity contribution in [2.45, 2.75) is 0 Å². The summed E-state index contributed by atoms with van der Waals surface area (Å²) in [4.78, 5) is 14.5. The van der Waals surface area contributed by atoms with Crippen LogP contribution < -0.4 is 11.1 Å². The summed E-state index contributed by atoms with van der Waals surface area (Å²) in [5.74, 6) is 0. The van der Waals surface area contributed by atoms with Crippen LogP contribution in [0.5, 0.6) is 0 Å². The highest BCUT2D eigenvalue weighted by Gasteiger charge is 2.08. The monoisotopic (exact) mass is 235 g/mol. The maximum atomic E-state index is 10.4. The van der Waals surface area contributed by atoms with Crippen LogP contribution >= 0.6 is 11.3 Å². The number of nitrogens with two attached hydrogens (primary N) is 1. The van der Waals surface area contributed by atoms with Gasteiger partial charge in [0.25, 0.3) is 0 Å². The lowest BCUT2D eigenvalue weighted by molar-refractivity contribution is 0.209. The van der Waals surface area contributed by atoms with Gasteiger partial charge in [0, 0.05) is 16.6 Å². The van der Waals surface area contributed by atoms with E-state index in [9.17, 15) is 4.79 Å². The maximum absolute atomic E-state index is 10.4. The molecule has 0 aliphatic carbocycles. The molecule has 0 aliphatic rings. The van der Waals surface area contributed by atoms with E-state index in [1.807, 2.05) is 18.2 Å². The van der Waals surface area contributed by atoms with Crippen LogP contribution in [0.1, 0.15) is 0 Å². The second kappa shape index (κ2) is 4.19. The van der Waals surface area contributed by atoms with Crippen molar-refractivity contribution in [3.63, 3.8) is 0 Å². The number of anilines is 2. The topological polar surface area (TPSA) is 88.2 Å². The molecule has 0 fully saturated rings. The molecule has 1 amide bonds. The Morgan fingerprint density at radius 2 is 2.19 bits per heavy atom. The molecule has 82 valence electrons. The number of nitrogens with one attached hydrogen (secondary N) is 1. The smallest absolute Gasteiger partial charge is 0.410 e. The van der Waals surface area contributed by atoms with Gasteiger partial charge in [-0.3, -0.25) is 5.32 Å². The summed E-state index contributed by atoms with van der Waals surface area (Å²) in [6, 6.07) is 7.31. The second-order valence-electron chi connectivity index (χ2n) is 3.06. The van der Waals surface area contributed by atoms with Gasteiger partial charge in [-0.05, 0) is 6.07 Å². The highest BCUT2D eigenvalue weighted by atomic mass is 32.1. The average Bonchev–Trinajstić information content (AvgIpc) is 2.66. The molecule has 0 unspecified atom stereocenters. The maximum Gasteiger partial charge on any atom is 0.410 e. The number of carbonyl (C=O) groups is 1. The van der Waals surface area contributed by atoms with E-state index >= 15 is 0 Å². The van der Waals surface area contributed by atoms with Crippen molar-refractivity contribution in [1.29, 1.82) is 0 Å². The predicted molar refractivity (Wildman–Crippen MR) is 63.6 cm³/mol. The highest BCUT2D eigenvalue weighted by Crippen LogP contribution is 2.28. The van der Waals surface area contributed by atoms with E-state index in [1.54, 1.807) is 11.4 Å². The summed E-state index contributed by atoms with van der Waals surface area (Å²) < 4.78 is 0. The Morgan fingerprint density at radius 3 is 2.88 bits per heavy atom. The quantitative estimate of drug-likeness (QED) is 0.698. The Bertz CT molecular complexity index is 524. The van der Waals surface area contributed by atoms with E-state index in [0.29, 0.717) is 16.5 Å². The molecule has 1 aromatic carbocycles. The van der Waals surface area contributed by atoms with Crippen molar-refractivity contribution in [3.05, 3.63) is 29.6 Å². The van der Waals surface area contributed by atoms with Crippen LogP contribution in [0, 0.1) is 0 Å². The lowest BCUT2D eigenvalue weighted by atomic mass is 10.1. The lowest BCUT2D eigenvalue weighted by Gasteiger charge is -2.00. The van der Waals surface area contributed by atoms with E-state index in [1.165, 1.54) is 11.3 Å². The number of benzene rings is 1. The van der Waals surface area contributed by atoms with Gasteiger partial charge in [0.15, 0.2) is 5.13 Å². The Hall–Kier alpha value is -2.08. The molecular formula is C10H9N3O2S. The molecule has 2 aromatic rings. The van der Waals surface area contributed by atoms with Crippen LogP contribution in [-0.4, -0.2) is 16.2 Å². The van der Waals surface area contributed by atoms with Gasteiger partial charge in [0.2, 0.25) is 0 Å². The summed E-state index contributed by atoms with van der Waals surface area (Å²) >= 11 is 1.22. The van der Waals surface area contributed by atoms with Crippen molar-refractivity contribution < 1.29 is 9.90 Å². The molecule has 1 heterocycles. The zero-order valence-corrected chi connectivity index (χ0v) is 8.99. The van der Waals surface area contributed by atoms with E-state index in [-0.39, 0.29) is 0 Å². The molecule has 0 bridgehead atoms. The number of nitrogens with zero attached hydrogens (tertiary/aromatic N) is 1. The molecule has 5 nitrogen and oxygen atoms in total. The second-order valence-corrected chi connectivity index (χ2v) is 3.91. The van der Waals surface area contributed by atoms with Crippen molar-refractivity contribution in [1.82, 2.24) is 4.98 Å². The number of aromatic nitrogens is 1. The van der Waals surface area contributed by atoms with Gasteiger partial charge in [-0.2, -0.15) is 0 Å². The summed E-state index contributed by atoms with van der Waals surface area (Å²) in [6.45, 7) is 0. The molecule has 0 saturated carbocycles. The Morgan fingerprint density at radius 1 is 1.44 bits per heavy atom. The van der Waals surface area contributed by atoms with Crippen LogP contribution in [0.15, 0.2) is 29.6 Å². The molecule has 0 radical (unpaired) electrons.